The van der Waals surface area contributed by atoms with Gasteiger partial charge in [0, 0.05) is 0 Å². The van der Waals surface area contributed by atoms with E-state index < -0.39 is 62.0 Å². The van der Waals surface area contributed by atoms with Crippen molar-refractivity contribution in [2.45, 2.75) is 30.3 Å². The quantitative estimate of drug-likeness (QED) is 0.178. The summed E-state index contributed by atoms with van der Waals surface area (Å²) in [7, 11) is -4.37. The summed E-state index contributed by atoms with van der Waals surface area (Å²) >= 11 is 0. The highest BCUT2D eigenvalue weighted by Gasteiger charge is 2.73. The van der Waals surface area contributed by atoms with Crippen LogP contribution in [0.2, 0.25) is 0 Å². The number of nitrogen functional groups attached to an aromatic ring is 1. The summed E-state index contributed by atoms with van der Waals surface area (Å²) in [5, 5.41) is 18.4. The molecule has 1 saturated heterocycles. The fourth-order valence-corrected chi connectivity index (χ4v) is 2.05. The third-order valence-corrected chi connectivity index (χ3v) is 3.74. The number of halogens is 5. The van der Waals surface area contributed by atoms with E-state index in [-0.39, 0.29) is 10.8 Å². The van der Waals surface area contributed by atoms with Crippen LogP contribution in [0.4, 0.5) is 27.8 Å². The lowest BCUT2D eigenvalue weighted by Gasteiger charge is -2.31. The molecule has 1 fully saturated rings. The molecule has 28 heavy (non-hydrogen) atoms. The lowest BCUT2D eigenvalue weighted by Crippen LogP contribution is -2.57. The Morgan fingerprint density at radius 2 is 1.93 bits per heavy atom. The second-order valence-corrected chi connectivity index (χ2v) is 6.38. The van der Waals surface area contributed by atoms with Crippen LogP contribution in [0, 0.1) is 5.82 Å². The van der Waals surface area contributed by atoms with Gasteiger partial charge < -0.3 is 30.5 Å². The number of anilines is 1. The number of nitrogens with two attached hydrogens (primary N) is 2. The molecule has 2 rings (SSSR count). The first-order chi connectivity index (χ1) is 12.6. The summed E-state index contributed by atoms with van der Waals surface area (Å²) in [5.41, 5.74) is -0.150. The van der Waals surface area contributed by atoms with Crippen LogP contribution in [0.25, 0.3) is 0 Å². The van der Waals surface area contributed by atoms with E-state index in [2.05, 4.69) is 20.2 Å². The van der Waals surface area contributed by atoms with Crippen LogP contribution < -0.4 is 17.3 Å². The first-order valence-corrected chi connectivity index (χ1v) is 8.28. The van der Waals surface area contributed by atoms with Gasteiger partial charge >= 0.3 is 19.4 Å². The zero-order valence-electron chi connectivity index (χ0n) is 13.3. The monoisotopic (exact) mass is 444 g/mol. The van der Waals surface area contributed by atoms with Crippen LogP contribution in [0.5, 0.6) is 0 Å². The van der Waals surface area contributed by atoms with Gasteiger partial charge in [0.05, 0.1) is 12.8 Å². The highest BCUT2D eigenvalue weighted by atomic mass is 31.2. The summed E-state index contributed by atoms with van der Waals surface area (Å²) in [6, 6.07) is 0. The summed E-state index contributed by atoms with van der Waals surface area (Å²) in [6.07, 6.45) is -8.94. The molecular formula is C10H14F5N4O8P. The van der Waals surface area contributed by atoms with Gasteiger partial charge in [0.25, 0.3) is 6.43 Å². The van der Waals surface area contributed by atoms with E-state index in [1.165, 1.54) is 0 Å². The Labute approximate surface area is 151 Å². The predicted octanol–water partition coefficient (Wildman–Crippen LogP) is -1.54. The third kappa shape index (κ3) is 4.47. The summed E-state index contributed by atoms with van der Waals surface area (Å²) < 4.78 is 83.8. The fraction of sp³-hybridized carbons (Fsp3) is 0.600. The molecular weight excluding hydrogens is 430 g/mol. The molecule has 0 unspecified atom stereocenters. The lowest BCUT2D eigenvalue weighted by atomic mass is 9.95. The van der Waals surface area contributed by atoms with Crippen molar-refractivity contribution in [1.82, 2.24) is 9.55 Å². The normalized spacial score (nSPS) is 26.8. The van der Waals surface area contributed by atoms with Crippen LogP contribution in [-0.4, -0.2) is 60.2 Å². The van der Waals surface area contributed by atoms with Crippen molar-refractivity contribution in [1.29, 1.82) is 0 Å². The number of phosphoric acid groups is 1. The summed E-state index contributed by atoms with van der Waals surface area (Å²) in [4.78, 5) is 29.6. The second-order valence-electron chi connectivity index (χ2n) is 5.18. The molecule has 162 valence electrons. The Balaban J connectivity index is 0.000000568. The van der Waals surface area contributed by atoms with Crippen molar-refractivity contribution < 1.29 is 55.9 Å². The number of alkyl halides is 4. The number of aliphatic hydroxyl groups excluding tert-OH is 2. The number of hydrogen-bond acceptors (Lipinski definition) is 9. The van der Waals surface area contributed by atoms with Crippen LogP contribution in [-0.2, 0) is 13.9 Å². The molecule has 2 heterocycles. The second kappa shape index (κ2) is 8.34. The number of aromatic nitrogens is 2. The summed E-state index contributed by atoms with van der Waals surface area (Å²) in [6.45, 7) is -1.84. The molecule has 18 heteroatoms. The highest BCUT2D eigenvalue weighted by Crippen LogP contribution is 2.50. The minimum absolute atomic E-state index is 0.0596. The van der Waals surface area contributed by atoms with E-state index in [1.807, 2.05) is 0 Å². The SMILES string of the molecule is NOP(=O)(O)O.Nc1nc(=O)n([C@@H]2O[C@@](CO)(C(F)F)C(F)(F)[C@H]2O)cc1F. The smallest absolute Gasteiger partial charge is 0.393 e. The molecule has 1 aliphatic rings. The van der Waals surface area contributed by atoms with Crippen molar-refractivity contribution in [3.05, 3.63) is 22.5 Å². The zero-order chi connectivity index (χ0) is 22.1. The molecule has 12 nitrogen and oxygen atoms in total. The van der Waals surface area contributed by atoms with Gasteiger partial charge in [-0.2, -0.15) is 13.8 Å². The molecule has 1 aliphatic heterocycles. The average molecular weight is 444 g/mol. The fourth-order valence-electron chi connectivity index (χ4n) is 2.05. The van der Waals surface area contributed by atoms with Crippen molar-refractivity contribution in [2.24, 2.45) is 5.90 Å². The minimum atomic E-state index is -4.61. The van der Waals surface area contributed by atoms with Crippen LogP contribution in [0.1, 0.15) is 6.23 Å². The van der Waals surface area contributed by atoms with E-state index in [9.17, 15) is 36.4 Å². The maximum absolute atomic E-state index is 13.9. The number of aliphatic hydroxyl groups is 2. The zero-order valence-corrected chi connectivity index (χ0v) is 14.2. The Morgan fingerprint density at radius 3 is 2.29 bits per heavy atom. The first kappa shape index (κ1) is 24.3. The van der Waals surface area contributed by atoms with Gasteiger partial charge in [0.15, 0.2) is 24.0 Å². The lowest BCUT2D eigenvalue weighted by molar-refractivity contribution is -0.244. The van der Waals surface area contributed by atoms with Crippen LogP contribution in [0.15, 0.2) is 11.0 Å². The maximum atomic E-state index is 13.9. The van der Waals surface area contributed by atoms with Gasteiger partial charge in [-0.15, -0.1) is 0 Å². The third-order valence-electron chi connectivity index (χ3n) is 3.47. The van der Waals surface area contributed by atoms with E-state index >= 15 is 0 Å². The molecule has 0 aromatic carbocycles. The molecule has 8 N–H and O–H groups in total. The molecule has 0 saturated carbocycles. The van der Waals surface area contributed by atoms with E-state index in [1.54, 1.807) is 0 Å². The molecule has 0 amide bonds. The maximum Gasteiger partial charge on any atom is 0.485 e. The number of ether oxygens (including phenoxy) is 1. The molecule has 0 radical (unpaired) electrons. The number of rotatable bonds is 4. The van der Waals surface area contributed by atoms with Gasteiger partial charge in [-0.1, -0.05) is 0 Å². The minimum Gasteiger partial charge on any atom is -0.393 e. The number of nitrogens with zero attached hydrogens (tertiary/aromatic N) is 2. The van der Waals surface area contributed by atoms with Gasteiger partial charge in [-0.05, 0) is 0 Å². The largest absolute Gasteiger partial charge is 0.485 e. The molecule has 3 atom stereocenters. The standard InChI is InChI=1S/C10H10F5N3O4.H4NO4P/c11-3-1-18(8(21)17-5(3)16)6-4(20)10(14,15)9(2-19,22-6)7(12)13;1-5-6(2,3)4/h1,4,6-7,19-20H,2H2,(H2,16,17,21);1H2,(H2,2,3,4)/t4-,6+,9-;/m0./s1. The average Bonchev–Trinajstić information content (AvgIpc) is 2.79. The molecule has 0 spiro atoms. The van der Waals surface area contributed by atoms with Gasteiger partial charge in [-0.3, -0.25) is 4.57 Å². The topological polar surface area (TPSA) is 203 Å². The van der Waals surface area contributed by atoms with Crippen LogP contribution >= 0.6 is 7.82 Å². The summed E-state index contributed by atoms with van der Waals surface area (Å²) in [5.74, 6) is -2.72. The van der Waals surface area contributed by atoms with Gasteiger partial charge in [0.1, 0.15) is 0 Å². The molecule has 0 aliphatic carbocycles. The van der Waals surface area contributed by atoms with E-state index in [4.69, 9.17) is 20.6 Å². The van der Waals surface area contributed by atoms with Gasteiger partial charge in [0.2, 0.25) is 5.60 Å². The Morgan fingerprint density at radius 1 is 1.43 bits per heavy atom. The highest BCUT2D eigenvalue weighted by molar-refractivity contribution is 7.46. The Kier molecular flexibility index (Phi) is 7.24. The van der Waals surface area contributed by atoms with E-state index in [0.29, 0.717) is 0 Å². The predicted molar refractivity (Wildman–Crippen MR) is 77.1 cm³/mol. The molecule has 1 aromatic rings. The van der Waals surface area contributed by atoms with E-state index in [0.717, 1.165) is 0 Å². The number of hydrogen-bond donors (Lipinski definition) is 6. The van der Waals surface area contributed by atoms with Crippen LogP contribution in [0.3, 0.4) is 0 Å². The van der Waals surface area contributed by atoms with Crippen molar-refractivity contribution in [2.75, 3.05) is 12.3 Å². The Hall–Kier alpha value is -1.72. The van der Waals surface area contributed by atoms with Crippen molar-refractivity contribution in [3.8, 4) is 0 Å². The van der Waals surface area contributed by atoms with Crippen molar-refractivity contribution >= 4 is 13.6 Å². The van der Waals surface area contributed by atoms with Gasteiger partial charge in [-0.25, -0.2) is 33.1 Å². The molecule has 0 bridgehead atoms. The molecule has 1 aromatic heterocycles. The van der Waals surface area contributed by atoms with Crippen molar-refractivity contribution in [3.63, 3.8) is 0 Å². The Bertz CT molecular complexity index is 807. The first-order valence-electron chi connectivity index (χ1n) is 6.75.